The van der Waals surface area contributed by atoms with Gasteiger partial charge in [0.15, 0.2) is 0 Å². The number of hydrogen-bond acceptors (Lipinski definition) is 14. The van der Waals surface area contributed by atoms with E-state index < -0.39 is 68.7 Å². The maximum absolute atomic E-state index is 12.8. The van der Waals surface area contributed by atoms with Crippen LogP contribution in [-0.4, -0.2) is 112 Å². The summed E-state index contributed by atoms with van der Waals surface area (Å²) < 4.78 is 134. The highest BCUT2D eigenvalue weighted by Gasteiger charge is 2.40. The van der Waals surface area contributed by atoms with Gasteiger partial charge in [0.25, 0.3) is 46.4 Å². The van der Waals surface area contributed by atoms with Crippen LogP contribution in [0.3, 0.4) is 0 Å². The minimum Gasteiger partial charge on any atom is -0.354 e. The second-order valence-electron chi connectivity index (χ2n) is 17.7. The van der Waals surface area contributed by atoms with Crippen LogP contribution >= 0.6 is 0 Å². The van der Waals surface area contributed by atoms with Gasteiger partial charge < -0.3 is 15.5 Å². The number of unbranched alkanes of at least 4 members (excludes halogenated alkanes) is 2. The van der Waals surface area contributed by atoms with Crippen LogP contribution in [0.1, 0.15) is 98.5 Å². The van der Waals surface area contributed by atoms with E-state index in [0.717, 1.165) is 0 Å². The molecule has 0 aliphatic carbocycles. The number of nitrogens with zero attached hydrogens (tertiary/aromatic N) is 6. The SMILES string of the molecule is Cc1ccc(S(=O)(=O)O)cc1C(C)(CCCCCC(=O)NCCNC(=O)c1ccc(CN=[N+]=[N-])nc1)C(C=CC=C/C=C1\N(CCCS(=O)(=O)O)c2ccc(S(=O)(=O)O)cc2C1(C)C)=NCCCS(=O)(=O)O. The fraction of sp³-hybridized carbons (Fsp3) is 0.435. The van der Waals surface area contributed by atoms with Crippen molar-refractivity contribution >= 4 is 63.7 Å². The summed E-state index contributed by atoms with van der Waals surface area (Å²) >= 11 is 0. The summed E-state index contributed by atoms with van der Waals surface area (Å²) in [4.78, 5) is 37.9. The molecule has 1 unspecified atom stereocenters. The van der Waals surface area contributed by atoms with Crippen molar-refractivity contribution in [1.29, 1.82) is 0 Å². The molecule has 72 heavy (non-hydrogen) atoms. The van der Waals surface area contributed by atoms with E-state index in [9.17, 15) is 61.5 Å². The lowest BCUT2D eigenvalue weighted by Crippen LogP contribution is -2.34. The van der Waals surface area contributed by atoms with Crippen molar-refractivity contribution < 1.29 is 61.5 Å². The lowest BCUT2D eigenvalue weighted by molar-refractivity contribution is -0.121. The van der Waals surface area contributed by atoms with E-state index in [1.54, 1.807) is 48.3 Å². The van der Waals surface area contributed by atoms with Crippen molar-refractivity contribution in [3.63, 3.8) is 0 Å². The second kappa shape index (κ2) is 25.2. The molecule has 0 saturated heterocycles. The van der Waals surface area contributed by atoms with E-state index in [1.807, 2.05) is 20.8 Å². The topological polar surface area (TPSA) is 353 Å². The first kappa shape index (κ1) is 58.7. The molecule has 1 aliphatic rings. The number of allylic oxidation sites excluding steroid dienone is 6. The van der Waals surface area contributed by atoms with Crippen LogP contribution in [0.4, 0.5) is 5.69 Å². The van der Waals surface area contributed by atoms with E-state index in [-0.39, 0.29) is 73.2 Å². The molecule has 1 atom stereocenters. The highest BCUT2D eigenvalue weighted by atomic mass is 32.2. The number of rotatable bonds is 27. The van der Waals surface area contributed by atoms with Gasteiger partial charge in [-0.05, 0) is 116 Å². The maximum atomic E-state index is 12.8. The van der Waals surface area contributed by atoms with Gasteiger partial charge >= 0.3 is 0 Å². The van der Waals surface area contributed by atoms with Crippen molar-refractivity contribution in [3.8, 4) is 0 Å². The number of aryl methyl sites for hydroxylation is 1. The number of carbonyl (C=O) groups excluding carboxylic acids is 2. The van der Waals surface area contributed by atoms with Crippen molar-refractivity contribution in [1.82, 2.24) is 15.6 Å². The number of nitrogens with one attached hydrogen (secondary N) is 2. The fourth-order valence-corrected chi connectivity index (χ4v) is 10.2. The summed E-state index contributed by atoms with van der Waals surface area (Å²) in [7, 11) is -17.9. The normalized spacial score (nSPS) is 15.6. The molecule has 22 nitrogen and oxygen atoms in total. The number of amides is 2. The number of hydrogen-bond donors (Lipinski definition) is 6. The molecule has 0 radical (unpaired) electrons. The Morgan fingerprint density at radius 1 is 0.819 bits per heavy atom. The Bertz CT molecular complexity index is 3100. The third kappa shape index (κ3) is 17.4. The van der Waals surface area contributed by atoms with E-state index in [0.29, 0.717) is 65.2 Å². The third-order valence-electron chi connectivity index (χ3n) is 11.9. The molecule has 0 bridgehead atoms. The molecule has 26 heteroatoms. The lowest BCUT2D eigenvalue weighted by atomic mass is 9.72. The molecule has 0 saturated carbocycles. The van der Waals surface area contributed by atoms with Gasteiger partial charge in [0.1, 0.15) is 0 Å². The number of aromatic nitrogens is 1. The zero-order chi connectivity index (χ0) is 53.5. The van der Waals surface area contributed by atoms with Crippen LogP contribution < -0.4 is 15.5 Å². The Morgan fingerprint density at radius 2 is 1.47 bits per heavy atom. The number of pyridine rings is 1. The summed E-state index contributed by atoms with van der Waals surface area (Å²) in [6, 6.07) is 11.3. The summed E-state index contributed by atoms with van der Waals surface area (Å²) in [6.07, 6.45) is 11.6. The number of azide groups is 1. The van der Waals surface area contributed by atoms with Gasteiger partial charge in [0, 0.05) is 77.3 Å². The molecule has 6 N–H and O–H groups in total. The summed E-state index contributed by atoms with van der Waals surface area (Å²) in [5, 5.41) is 8.88. The molecule has 392 valence electrons. The van der Waals surface area contributed by atoms with Gasteiger partial charge in [-0.3, -0.25) is 37.8 Å². The average Bonchev–Trinajstić information content (AvgIpc) is 3.49. The van der Waals surface area contributed by atoms with Gasteiger partial charge in [-0.25, -0.2) is 0 Å². The molecule has 0 spiro atoms. The molecule has 0 fully saturated rings. The lowest BCUT2D eigenvalue weighted by Gasteiger charge is -2.33. The predicted molar refractivity (Wildman–Crippen MR) is 271 cm³/mol. The smallest absolute Gasteiger partial charge is 0.294 e. The van der Waals surface area contributed by atoms with Crippen LogP contribution in [0.5, 0.6) is 0 Å². The number of carbonyl (C=O) groups is 2. The molecule has 2 aromatic carbocycles. The van der Waals surface area contributed by atoms with Gasteiger partial charge in [-0.2, -0.15) is 33.7 Å². The van der Waals surface area contributed by atoms with Crippen LogP contribution in [0, 0.1) is 6.92 Å². The Kier molecular flexibility index (Phi) is 20.6. The molecular formula is C46H60N8O14S4. The predicted octanol–water partition coefficient (Wildman–Crippen LogP) is 6.24. The fourth-order valence-electron chi connectivity index (χ4n) is 8.20. The van der Waals surface area contributed by atoms with Crippen molar-refractivity contribution in [2.75, 3.05) is 42.6 Å². The monoisotopic (exact) mass is 1080 g/mol. The van der Waals surface area contributed by atoms with Crippen molar-refractivity contribution in [3.05, 3.63) is 129 Å². The maximum Gasteiger partial charge on any atom is 0.294 e. The van der Waals surface area contributed by atoms with Crippen LogP contribution in [0.15, 0.2) is 111 Å². The standard InChI is InChI=1S/C46H60N8O14S4/c1-33-16-19-36(71(63,64)65)29-38(33)46(4,22-10-6-9-15-43(55)49-24-25-50-44(56)34-17-18-35(51-31-34)32-52-53-47)41(48-23-11-27-69(57,58)59)13-7-5-8-14-42-45(2,3)39-30-37(72(66,67)68)20-21-40(39)54(42)26-12-28-70(60,61)62/h5,7-8,13-14,16-21,29-31H,6,9-12,15,22-28,32H2,1-4H3,(H,49,55)(H,50,56)(H,57,58,59)(H,60,61,62)(H,63,64,65)(H,66,67,68)/b8-5?,13-7?,42-14-,48-41?. The largest absolute Gasteiger partial charge is 0.354 e. The number of benzene rings is 2. The number of fused-ring (bicyclic) bond motifs is 1. The summed E-state index contributed by atoms with van der Waals surface area (Å²) in [5.74, 6) is -1.78. The molecule has 1 aromatic heterocycles. The Balaban J connectivity index is 1.58. The van der Waals surface area contributed by atoms with E-state index >= 15 is 0 Å². The van der Waals surface area contributed by atoms with Crippen molar-refractivity contribution in [2.24, 2.45) is 10.1 Å². The van der Waals surface area contributed by atoms with Gasteiger partial charge in [-0.15, -0.1) is 0 Å². The first-order chi connectivity index (χ1) is 33.6. The molecular weight excluding hydrogens is 1020 g/mol. The molecule has 4 rings (SSSR count). The van der Waals surface area contributed by atoms with E-state index in [1.165, 1.54) is 48.7 Å². The highest BCUT2D eigenvalue weighted by Crippen LogP contribution is 2.48. The minimum atomic E-state index is -4.67. The van der Waals surface area contributed by atoms with E-state index in [4.69, 9.17) is 10.5 Å². The molecule has 2 heterocycles. The number of aliphatic imine (C=N–C) groups is 1. The van der Waals surface area contributed by atoms with Crippen LogP contribution in [-0.2, 0) is 62.6 Å². The first-order valence-electron chi connectivity index (χ1n) is 22.6. The van der Waals surface area contributed by atoms with E-state index in [2.05, 4.69) is 25.6 Å². The minimum absolute atomic E-state index is 0.0112. The van der Waals surface area contributed by atoms with Crippen LogP contribution in [0.2, 0.25) is 0 Å². The molecule has 2 amide bonds. The highest BCUT2D eigenvalue weighted by molar-refractivity contribution is 7.86. The third-order valence-corrected chi connectivity index (χ3v) is 15.2. The van der Waals surface area contributed by atoms with Gasteiger partial charge in [0.2, 0.25) is 5.91 Å². The van der Waals surface area contributed by atoms with Gasteiger partial charge in [0.05, 0.1) is 33.4 Å². The zero-order valence-electron chi connectivity index (χ0n) is 40.2. The average molecular weight is 1080 g/mol. The Labute approximate surface area is 420 Å². The quantitative estimate of drug-likeness (QED) is 0.00936. The second-order valence-corrected chi connectivity index (χ2v) is 23.6. The Hall–Kier alpha value is -5.83. The van der Waals surface area contributed by atoms with Crippen molar-refractivity contribution in [2.45, 2.75) is 99.8 Å². The molecule has 3 aromatic rings. The summed E-state index contributed by atoms with van der Waals surface area (Å²) in [5.41, 5.74) is 10.5. The number of anilines is 1. The zero-order valence-corrected chi connectivity index (χ0v) is 43.4. The van der Waals surface area contributed by atoms with Crippen LogP contribution in [0.25, 0.3) is 10.4 Å². The molecule has 1 aliphatic heterocycles. The van der Waals surface area contributed by atoms with Gasteiger partial charge in [-0.1, -0.05) is 56.1 Å². The first-order valence-corrected chi connectivity index (χ1v) is 28.7. The Morgan fingerprint density at radius 3 is 2.11 bits per heavy atom. The summed E-state index contributed by atoms with van der Waals surface area (Å²) in [6.45, 7) is 7.59.